The number of sulfonamides is 1. The molecule has 2 unspecified atom stereocenters. The maximum absolute atomic E-state index is 14.6. The third kappa shape index (κ3) is 6.10. The summed E-state index contributed by atoms with van der Waals surface area (Å²) in [5.74, 6) is 0. The Kier molecular flexibility index (Phi) is 8.45. The van der Waals surface area contributed by atoms with Crippen molar-refractivity contribution in [2.45, 2.75) is 51.6 Å². The fourth-order valence-electron chi connectivity index (χ4n) is 4.73. The van der Waals surface area contributed by atoms with Crippen molar-refractivity contribution in [3.05, 3.63) is 130 Å². The number of nitrogens with two attached hydrogens (primary N) is 1. The molecule has 4 aromatic rings. The summed E-state index contributed by atoms with van der Waals surface area (Å²) in [4.78, 5) is 0.308. The first-order valence-corrected chi connectivity index (χ1v) is 15.4. The van der Waals surface area contributed by atoms with E-state index < -0.39 is 39.5 Å². The first-order chi connectivity index (χ1) is 17.6. The quantitative estimate of drug-likeness (QED) is 0.254. The van der Waals surface area contributed by atoms with Crippen LogP contribution in [0.4, 0.5) is 0 Å². The molecule has 0 radical (unpaired) electrons. The van der Waals surface area contributed by atoms with E-state index in [0.717, 1.165) is 37.5 Å². The van der Waals surface area contributed by atoms with Gasteiger partial charge in [0.1, 0.15) is 0 Å². The molecule has 0 aliphatic rings. The average Bonchev–Trinajstić information content (AvgIpc) is 2.85. The molecular weight excluding hydrogens is 565 g/mol. The van der Waals surface area contributed by atoms with Crippen molar-refractivity contribution in [3.63, 3.8) is 0 Å². The molecule has 0 spiro atoms. The van der Waals surface area contributed by atoms with E-state index in [-0.39, 0.29) is 0 Å². The monoisotopic (exact) mass is 600 g/mol. The van der Waals surface area contributed by atoms with Crippen LogP contribution in [-0.4, -0.2) is 11.5 Å². The molecule has 6 heteroatoms. The third-order valence-electron chi connectivity index (χ3n) is 6.31. The van der Waals surface area contributed by atoms with Crippen LogP contribution < -0.4 is 9.89 Å². The van der Waals surface area contributed by atoms with Gasteiger partial charge in [0.25, 0.3) is 0 Å². The molecule has 2 N–H and O–H groups in total. The second-order valence-electron chi connectivity index (χ2n) is 9.63. The first kappa shape index (κ1) is 27.4. The van der Waals surface area contributed by atoms with Gasteiger partial charge in [-0.05, 0) is 0 Å². The van der Waals surface area contributed by atoms with Crippen LogP contribution in [0.25, 0.3) is 0 Å². The zero-order valence-electron chi connectivity index (χ0n) is 21.9. The average molecular weight is 600 g/mol. The van der Waals surface area contributed by atoms with E-state index in [4.69, 9.17) is 5.73 Å². The van der Waals surface area contributed by atoms with Gasteiger partial charge in [-0.2, -0.15) is 0 Å². The fraction of sp³-hybridized carbons (Fsp3) is 0.226. The Morgan fingerprint density at radius 3 is 1.65 bits per heavy atom. The second-order valence-corrected chi connectivity index (χ2v) is 14.1. The van der Waals surface area contributed by atoms with Crippen molar-refractivity contribution in [2.24, 2.45) is 5.73 Å². The molecule has 0 aliphatic heterocycles. The molecular formula is C31H34N2O2RuS. The molecule has 0 bridgehead atoms. The number of benzene rings is 4. The third-order valence-corrected chi connectivity index (χ3v) is 12.1. The fourth-order valence-corrected chi connectivity index (χ4v) is 9.82. The molecule has 4 nitrogen and oxygen atoms in total. The van der Waals surface area contributed by atoms with Crippen LogP contribution in [0.2, 0.25) is 0 Å². The topological polar surface area (TPSA) is 63.4 Å². The standard InChI is InChI=1S/C22H23N2O2S.C9H11.Ru/c1-16-13-17(2)15-20(14-16)27(25,26)24-22(19-11-7-4-8-12-19)21(23)18-9-5-3-6-10-18;1-7-4-8(2)6-9(3)5-7;/h3-15,21-22H,23H2,1-2H3;4-5H,1-3H3;/q-1;;+1. The van der Waals surface area contributed by atoms with Crippen molar-refractivity contribution in [1.29, 1.82) is 0 Å². The normalized spacial score (nSPS) is 13.6. The van der Waals surface area contributed by atoms with Crippen molar-refractivity contribution in [1.82, 2.24) is 3.05 Å². The Balaban J connectivity index is 1.97. The Hall–Kier alpha value is -2.63. The summed E-state index contributed by atoms with van der Waals surface area (Å²) in [6, 6.07) is 28.2. The molecule has 0 aromatic heterocycles. The predicted molar refractivity (Wildman–Crippen MR) is 148 cm³/mol. The Bertz CT molecular complexity index is 1450. The van der Waals surface area contributed by atoms with Crippen LogP contribution in [0.15, 0.2) is 95.9 Å². The summed E-state index contributed by atoms with van der Waals surface area (Å²) >= 11 is -0.907. The van der Waals surface area contributed by atoms with Gasteiger partial charge in [0.2, 0.25) is 0 Å². The molecule has 37 heavy (non-hydrogen) atoms. The van der Waals surface area contributed by atoms with Crippen molar-refractivity contribution >= 4 is 14.2 Å². The van der Waals surface area contributed by atoms with E-state index in [1.807, 2.05) is 80.6 Å². The van der Waals surface area contributed by atoms with Crippen LogP contribution in [0, 0.1) is 34.6 Å². The Morgan fingerprint density at radius 1 is 0.676 bits per heavy atom. The summed E-state index contributed by atoms with van der Waals surface area (Å²) in [7, 11) is -3.89. The summed E-state index contributed by atoms with van der Waals surface area (Å²) in [5.41, 5.74) is 14.0. The van der Waals surface area contributed by atoms with Crippen LogP contribution in [0.3, 0.4) is 0 Å². The molecule has 4 aromatic carbocycles. The van der Waals surface area contributed by atoms with Crippen LogP contribution in [-0.2, 0) is 27.4 Å². The number of hydrogen-bond acceptors (Lipinski definition) is 3. The number of nitrogens with zero attached hydrogens (tertiary/aromatic N) is 1. The zero-order valence-corrected chi connectivity index (χ0v) is 24.5. The SMILES string of the molecule is Cc1cc(C)cc(S(=O)(=O)[N]([Ru][c]2c(C)cc(C)cc2C)C(c2ccccc2)C(N)c2ccccc2)c1. The Labute approximate surface area is 229 Å². The van der Waals surface area contributed by atoms with Crippen LogP contribution >= 0.6 is 0 Å². The van der Waals surface area contributed by atoms with Crippen molar-refractivity contribution < 1.29 is 25.8 Å². The molecule has 0 aliphatic carbocycles. The van der Waals surface area contributed by atoms with E-state index in [1.165, 1.54) is 5.56 Å². The van der Waals surface area contributed by atoms with Gasteiger partial charge in [0.15, 0.2) is 0 Å². The van der Waals surface area contributed by atoms with Crippen LogP contribution in [0.1, 0.15) is 51.0 Å². The summed E-state index contributed by atoms with van der Waals surface area (Å²) in [5, 5.41) is 0. The molecule has 4 rings (SSSR count). The molecule has 0 amide bonds. The second kappa shape index (κ2) is 11.4. The molecule has 194 valence electrons. The van der Waals surface area contributed by atoms with E-state index >= 15 is 0 Å². The maximum atomic E-state index is 14.6. The molecule has 0 heterocycles. The molecule has 0 saturated heterocycles. The van der Waals surface area contributed by atoms with Gasteiger partial charge in [-0.15, -0.1) is 0 Å². The van der Waals surface area contributed by atoms with Gasteiger partial charge in [0.05, 0.1) is 0 Å². The minimum absolute atomic E-state index is 0.308. The van der Waals surface area contributed by atoms with E-state index in [1.54, 1.807) is 15.2 Å². The predicted octanol–water partition coefficient (Wildman–Crippen LogP) is 5.98. The minimum atomic E-state index is -3.89. The summed E-state index contributed by atoms with van der Waals surface area (Å²) in [6.07, 6.45) is 0. The summed E-state index contributed by atoms with van der Waals surface area (Å²) in [6.45, 7) is 10.1. The van der Waals surface area contributed by atoms with Crippen molar-refractivity contribution in [3.8, 4) is 0 Å². The van der Waals surface area contributed by atoms with Crippen LogP contribution in [0.5, 0.6) is 0 Å². The number of aryl methyl sites for hydroxylation is 5. The van der Waals surface area contributed by atoms with Gasteiger partial charge >= 0.3 is 230 Å². The summed E-state index contributed by atoms with van der Waals surface area (Å²) < 4.78 is 31.9. The number of rotatable bonds is 8. The van der Waals surface area contributed by atoms with Gasteiger partial charge in [-0.25, -0.2) is 0 Å². The van der Waals surface area contributed by atoms with E-state index in [0.29, 0.717) is 4.90 Å². The zero-order chi connectivity index (χ0) is 26.7. The van der Waals surface area contributed by atoms with Gasteiger partial charge in [0, 0.05) is 0 Å². The van der Waals surface area contributed by atoms with Gasteiger partial charge in [-0.3, -0.25) is 0 Å². The van der Waals surface area contributed by atoms with E-state index in [9.17, 15) is 8.42 Å². The number of hydrogen-bond donors (Lipinski definition) is 1. The van der Waals surface area contributed by atoms with Gasteiger partial charge in [-0.1, -0.05) is 0 Å². The van der Waals surface area contributed by atoms with E-state index in [2.05, 4.69) is 32.9 Å². The van der Waals surface area contributed by atoms with Gasteiger partial charge < -0.3 is 0 Å². The Morgan fingerprint density at radius 2 is 1.14 bits per heavy atom. The molecule has 0 fully saturated rings. The molecule has 2 atom stereocenters. The molecule has 0 saturated carbocycles. The van der Waals surface area contributed by atoms with Crippen molar-refractivity contribution in [2.75, 3.05) is 0 Å². The first-order valence-electron chi connectivity index (χ1n) is 12.3.